The van der Waals surface area contributed by atoms with E-state index in [0.29, 0.717) is 15.9 Å². The van der Waals surface area contributed by atoms with Gasteiger partial charge < -0.3 is 24.3 Å². The van der Waals surface area contributed by atoms with Crippen LogP contribution in [0.1, 0.15) is 40.3 Å². The van der Waals surface area contributed by atoms with E-state index in [4.69, 9.17) is 38.3 Å². The molecule has 6 nitrogen and oxygen atoms in total. The minimum atomic E-state index is -0.192. The lowest BCUT2D eigenvalue weighted by atomic mass is 9.93. The number of nitrogens with one attached hydrogen (secondary N) is 1. The number of anilines is 1. The Morgan fingerprint density at radius 3 is 2.43 bits per heavy atom. The molecule has 5 rings (SSSR count). The van der Waals surface area contributed by atoms with E-state index in [0.717, 1.165) is 34.2 Å². The van der Waals surface area contributed by atoms with E-state index in [-0.39, 0.29) is 12.1 Å². The second-order valence-corrected chi connectivity index (χ2v) is 9.88. The molecule has 190 valence electrons. The van der Waals surface area contributed by atoms with Crippen LogP contribution in [0.2, 0.25) is 5.02 Å². The molecule has 0 bridgehead atoms. The normalized spacial score (nSPS) is 17.1. The molecule has 4 aromatic rings. The standard InChI is InChI=1S/C29H29ClN4O2S/c1-17-18(2)33(21-10-8-9-20(30)15-21)19(3)26(17)28-27(23-11-6-7-14-31-23)32-29(37)34(28)24-16-22(35-4)12-13-25(24)36-5/h6-16,27-28H,1-5H3,(H,32,37)/t27-,28-/m1/s1. The van der Waals surface area contributed by atoms with Crippen LogP contribution < -0.4 is 19.7 Å². The van der Waals surface area contributed by atoms with Gasteiger partial charge in [-0.15, -0.1) is 0 Å². The average molecular weight is 533 g/mol. The van der Waals surface area contributed by atoms with Gasteiger partial charge in [-0.2, -0.15) is 0 Å². The zero-order valence-corrected chi connectivity index (χ0v) is 23.0. The highest BCUT2D eigenvalue weighted by Gasteiger charge is 2.44. The maximum Gasteiger partial charge on any atom is 0.174 e. The summed E-state index contributed by atoms with van der Waals surface area (Å²) in [6.07, 6.45) is 1.81. The zero-order valence-electron chi connectivity index (χ0n) is 21.4. The Morgan fingerprint density at radius 1 is 0.946 bits per heavy atom. The van der Waals surface area contributed by atoms with Gasteiger partial charge in [0.15, 0.2) is 5.11 Å². The number of aromatic nitrogens is 2. The Bertz CT molecular complexity index is 1470. The molecule has 0 unspecified atom stereocenters. The Kier molecular flexibility index (Phi) is 6.84. The van der Waals surface area contributed by atoms with E-state index < -0.39 is 0 Å². The summed E-state index contributed by atoms with van der Waals surface area (Å²) in [6.45, 7) is 6.45. The summed E-state index contributed by atoms with van der Waals surface area (Å²) in [5, 5.41) is 4.85. The van der Waals surface area contributed by atoms with E-state index in [1.165, 1.54) is 11.1 Å². The first kappa shape index (κ1) is 25.1. The number of rotatable bonds is 6. The largest absolute Gasteiger partial charge is 0.497 e. The van der Waals surface area contributed by atoms with Gasteiger partial charge in [-0.3, -0.25) is 4.98 Å². The molecule has 1 aliphatic rings. The van der Waals surface area contributed by atoms with Crippen LogP contribution in [0.25, 0.3) is 5.69 Å². The molecule has 8 heteroatoms. The lowest BCUT2D eigenvalue weighted by Crippen LogP contribution is -2.30. The van der Waals surface area contributed by atoms with Crippen LogP contribution >= 0.6 is 23.8 Å². The van der Waals surface area contributed by atoms with E-state index >= 15 is 0 Å². The highest BCUT2D eigenvalue weighted by molar-refractivity contribution is 7.80. The molecule has 1 N–H and O–H groups in total. The summed E-state index contributed by atoms with van der Waals surface area (Å²) in [4.78, 5) is 6.84. The first-order valence-electron chi connectivity index (χ1n) is 12.0. The zero-order chi connectivity index (χ0) is 26.3. The minimum absolute atomic E-state index is 0.184. The molecular formula is C29H29ClN4O2S. The van der Waals surface area contributed by atoms with E-state index in [2.05, 4.69) is 41.6 Å². The van der Waals surface area contributed by atoms with Crippen molar-refractivity contribution >= 4 is 34.6 Å². The summed E-state index contributed by atoms with van der Waals surface area (Å²) < 4.78 is 13.6. The predicted octanol–water partition coefficient (Wildman–Crippen LogP) is 6.65. The molecule has 0 spiro atoms. The van der Waals surface area contributed by atoms with Gasteiger partial charge in [-0.25, -0.2) is 0 Å². The number of hydrogen-bond acceptors (Lipinski definition) is 4. The molecule has 0 amide bonds. The number of ether oxygens (including phenoxy) is 2. The third-order valence-corrected chi connectivity index (χ3v) is 7.66. The van der Waals surface area contributed by atoms with Crippen molar-refractivity contribution in [2.24, 2.45) is 0 Å². The van der Waals surface area contributed by atoms with E-state index in [1.54, 1.807) is 14.2 Å². The second kappa shape index (κ2) is 10.1. The smallest absolute Gasteiger partial charge is 0.174 e. The summed E-state index contributed by atoms with van der Waals surface area (Å²) in [6, 6.07) is 19.3. The molecule has 1 fully saturated rings. The molecule has 2 aromatic carbocycles. The van der Waals surface area contributed by atoms with Crippen molar-refractivity contribution < 1.29 is 9.47 Å². The summed E-state index contributed by atoms with van der Waals surface area (Å²) in [7, 11) is 3.32. The lowest BCUT2D eigenvalue weighted by Gasteiger charge is -2.30. The average Bonchev–Trinajstić information content (AvgIpc) is 3.35. The number of thiocarbonyl (C=S) groups is 1. The first-order chi connectivity index (χ1) is 17.8. The number of hydrogen-bond donors (Lipinski definition) is 1. The fourth-order valence-electron chi connectivity index (χ4n) is 5.34. The minimum Gasteiger partial charge on any atom is -0.497 e. The fourth-order valence-corrected chi connectivity index (χ4v) is 5.86. The molecule has 0 saturated carbocycles. The third-order valence-electron chi connectivity index (χ3n) is 7.11. The Balaban J connectivity index is 1.76. The van der Waals surface area contributed by atoms with E-state index in [1.807, 2.05) is 60.8 Å². The maximum absolute atomic E-state index is 6.38. The van der Waals surface area contributed by atoms with Crippen molar-refractivity contribution in [3.63, 3.8) is 0 Å². The van der Waals surface area contributed by atoms with Crippen LogP contribution in [0.5, 0.6) is 11.5 Å². The number of benzene rings is 2. The van der Waals surface area contributed by atoms with Crippen molar-refractivity contribution in [1.82, 2.24) is 14.9 Å². The number of methoxy groups -OCH3 is 2. The monoisotopic (exact) mass is 532 g/mol. The van der Waals surface area contributed by atoms with E-state index in [9.17, 15) is 0 Å². The second-order valence-electron chi connectivity index (χ2n) is 9.06. The van der Waals surface area contributed by atoms with Gasteiger partial charge >= 0.3 is 0 Å². The van der Waals surface area contributed by atoms with Crippen LogP contribution in [0.4, 0.5) is 5.69 Å². The SMILES string of the molecule is COc1ccc(OC)c(N2C(=S)N[C@H](c3ccccn3)[C@H]2c2c(C)c(C)n(-c3cccc(Cl)c3)c2C)c1. The van der Waals surface area contributed by atoms with Crippen molar-refractivity contribution in [2.45, 2.75) is 32.9 Å². The van der Waals surface area contributed by atoms with Crippen LogP contribution in [-0.2, 0) is 0 Å². The Labute approximate surface area is 227 Å². The first-order valence-corrected chi connectivity index (χ1v) is 12.8. The molecule has 37 heavy (non-hydrogen) atoms. The summed E-state index contributed by atoms with van der Waals surface area (Å²) in [5.41, 5.74) is 7.37. The van der Waals surface area contributed by atoms with Gasteiger partial charge in [0.1, 0.15) is 11.5 Å². The highest BCUT2D eigenvalue weighted by Crippen LogP contribution is 2.48. The van der Waals surface area contributed by atoms with Gasteiger partial charge in [0.2, 0.25) is 0 Å². The van der Waals surface area contributed by atoms with Crippen molar-refractivity contribution in [1.29, 1.82) is 0 Å². The molecule has 1 aliphatic heterocycles. The maximum atomic E-state index is 6.38. The Hall–Kier alpha value is -3.55. The van der Waals surface area contributed by atoms with Gasteiger partial charge in [-0.05, 0) is 81.0 Å². The number of nitrogens with zero attached hydrogens (tertiary/aromatic N) is 3. The molecule has 1 saturated heterocycles. The molecule has 2 atom stereocenters. The summed E-state index contributed by atoms with van der Waals surface area (Å²) in [5.74, 6) is 1.43. The Morgan fingerprint density at radius 2 is 1.76 bits per heavy atom. The topological polar surface area (TPSA) is 51.6 Å². The predicted molar refractivity (Wildman–Crippen MR) is 152 cm³/mol. The highest BCUT2D eigenvalue weighted by atomic mass is 35.5. The number of halogens is 1. The third kappa shape index (κ3) is 4.32. The van der Waals surface area contributed by atoms with Crippen molar-refractivity contribution in [3.05, 3.63) is 100 Å². The van der Waals surface area contributed by atoms with Gasteiger partial charge in [0, 0.05) is 39.9 Å². The van der Waals surface area contributed by atoms with Crippen molar-refractivity contribution in [3.8, 4) is 17.2 Å². The van der Waals surface area contributed by atoms with Crippen LogP contribution in [0.3, 0.4) is 0 Å². The van der Waals surface area contributed by atoms with Crippen LogP contribution in [0.15, 0.2) is 66.9 Å². The molecular weight excluding hydrogens is 504 g/mol. The van der Waals surface area contributed by atoms with Crippen LogP contribution in [-0.4, -0.2) is 28.9 Å². The molecule has 0 aliphatic carbocycles. The summed E-state index contributed by atoms with van der Waals surface area (Å²) >= 11 is 12.3. The van der Waals surface area contributed by atoms with Gasteiger partial charge in [0.25, 0.3) is 0 Å². The lowest BCUT2D eigenvalue weighted by molar-refractivity contribution is 0.403. The fraction of sp³-hybridized carbons (Fsp3) is 0.241. The molecule has 2 aromatic heterocycles. The van der Waals surface area contributed by atoms with Gasteiger partial charge in [-0.1, -0.05) is 23.7 Å². The molecule has 0 radical (unpaired) electrons. The van der Waals surface area contributed by atoms with Crippen molar-refractivity contribution in [2.75, 3.05) is 19.1 Å². The van der Waals surface area contributed by atoms with Crippen LogP contribution in [0, 0.1) is 20.8 Å². The molecule has 3 heterocycles. The van der Waals surface area contributed by atoms with Gasteiger partial charge in [0.05, 0.1) is 37.7 Å². The number of pyridine rings is 1. The quantitative estimate of drug-likeness (QED) is 0.281.